The Hall–Kier alpha value is -3.43. The Morgan fingerprint density at radius 2 is 1.59 bits per heavy atom. The first-order valence-corrected chi connectivity index (χ1v) is 11.2. The predicted octanol–water partition coefficient (Wildman–Crippen LogP) is 2.54. The molecule has 182 valence electrons. The molecule has 0 aromatic heterocycles. The smallest absolute Gasteiger partial charge is 0.407 e. The van der Waals surface area contributed by atoms with E-state index in [9.17, 15) is 14.4 Å². The highest BCUT2D eigenvalue weighted by Crippen LogP contribution is 2.44. The predicted molar refractivity (Wildman–Crippen MR) is 125 cm³/mol. The van der Waals surface area contributed by atoms with Crippen LogP contribution in [0.5, 0.6) is 0 Å². The van der Waals surface area contributed by atoms with Crippen molar-refractivity contribution in [2.45, 2.75) is 24.9 Å². The van der Waals surface area contributed by atoms with E-state index in [-0.39, 0.29) is 57.6 Å². The Morgan fingerprint density at radius 3 is 2.21 bits per heavy atom. The van der Waals surface area contributed by atoms with E-state index >= 15 is 0 Å². The maximum absolute atomic E-state index is 12.1. The molecule has 2 aromatic carbocycles. The summed E-state index contributed by atoms with van der Waals surface area (Å²) in [6.07, 6.45) is -1.15. The summed E-state index contributed by atoms with van der Waals surface area (Å²) in [5, 5.41) is 14.1. The van der Waals surface area contributed by atoms with Gasteiger partial charge in [-0.2, -0.15) is 0 Å². The minimum atomic E-state index is -1.07. The fourth-order valence-electron chi connectivity index (χ4n) is 3.91. The summed E-state index contributed by atoms with van der Waals surface area (Å²) in [6.45, 7) is 1.12. The lowest BCUT2D eigenvalue weighted by Gasteiger charge is -2.14. The highest BCUT2D eigenvalue weighted by molar-refractivity contribution is 5.79. The lowest BCUT2D eigenvalue weighted by molar-refractivity contribution is -0.149. The third-order valence-corrected chi connectivity index (χ3v) is 5.62. The number of hydrogen-bond acceptors (Lipinski definition) is 6. The van der Waals surface area contributed by atoms with Crippen LogP contribution in [-0.2, 0) is 23.8 Å². The Balaban J connectivity index is 1.28. The zero-order chi connectivity index (χ0) is 24.3. The molecule has 2 aromatic rings. The molecule has 0 heterocycles. The summed E-state index contributed by atoms with van der Waals surface area (Å²) in [5.74, 6) is -1.31. The molecule has 1 aliphatic rings. The summed E-state index contributed by atoms with van der Waals surface area (Å²) in [5.41, 5.74) is 4.65. The highest BCUT2D eigenvalue weighted by atomic mass is 16.5. The van der Waals surface area contributed by atoms with E-state index in [2.05, 4.69) is 34.9 Å². The van der Waals surface area contributed by atoms with E-state index in [1.54, 1.807) is 0 Å². The van der Waals surface area contributed by atoms with Gasteiger partial charge in [0, 0.05) is 39.0 Å². The fourth-order valence-corrected chi connectivity index (χ4v) is 3.91. The second-order valence-electron chi connectivity index (χ2n) is 7.82. The van der Waals surface area contributed by atoms with E-state index in [1.165, 1.54) is 18.2 Å². The molecule has 3 rings (SSSR count). The average molecular weight is 471 g/mol. The number of ether oxygens (including phenoxy) is 3. The number of rotatable bonds is 13. The van der Waals surface area contributed by atoms with Crippen molar-refractivity contribution in [2.24, 2.45) is 0 Å². The molecule has 0 fully saturated rings. The van der Waals surface area contributed by atoms with Gasteiger partial charge in [0.15, 0.2) is 6.10 Å². The van der Waals surface area contributed by atoms with Crippen LogP contribution in [0.4, 0.5) is 4.79 Å². The lowest BCUT2D eigenvalue weighted by Crippen LogP contribution is -2.32. The van der Waals surface area contributed by atoms with Gasteiger partial charge in [-0.25, -0.2) is 9.59 Å². The largest absolute Gasteiger partial charge is 0.479 e. The molecule has 0 aliphatic heterocycles. The molecule has 1 unspecified atom stereocenters. The van der Waals surface area contributed by atoms with Gasteiger partial charge in [-0.1, -0.05) is 48.5 Å². The van der Waals surface area contributed by atoms with Crippen LogP contribution >= 0.6 is 0 Å². The van der Waals surface area contributed by atoms with Gasteiger partial charge in [0.2, 0.25) is 5.91 Å². The van der Waals surface area contributed by atoms with Gasteiger partial charge in [-0.15, -0.1) is 0 Å². The van der Waals surface area contributed by atoms with Crippen molar-refractivity contribution in [3.8, 4) is 11.1 Å². The molecule has 2 amide bonds. The molecular formula is C25H30N2O7. The van der Waals surface area contributed by atoms with Gasteiger partial charge in [0.1, 0.15) is 6.61 Å². The van der Waals surface area contributed by atoms with E-state index in [1.807, 2.05) is 24.3 Å². The fraction of sp³-hybridized carbons (Fsp3) is 0.400. The number of carboxylic acid groups (broad SMARTS) is 1. The van der Waals surface area contributed by atoms with Crippen LogP contribution in [0.3, 0.4) is 0 Å². The van der Waals surface area contributed by atoms with Crippen molar-refractivity contribution < 1.29 is 33.7 Å². The van der Waals surface area contributed by atoms with Crippen LogP contribution in [0, 0.1) is 0 Å². The third-order valence-electron chi connectivity index (χ3n) is 5.62. The Kier molecular flexibility index (Phi) is 9.42. The molecule has 1 atom stereocenters. The van der Waals surface area contributed by atoms with Crippen molar-refractivity contribution in [3.05, 3.63) is 59.7 Å². The van der Waals surface area contributed by atoms with Gasteiger partial charge in [-0.3, -0.25) is 4.79 Å². The number of alkyl carbamates (subject to hydrolysis) is 1. The molecule has 0 spiro atoms. The highest BCUT2D eigenvalue weighted by Gasteiger charge is 2.28. The summed E-state index contributed by atoms with van der Waals surface area (Å²) < 4.78 is 15.6. The minimum Gasteiger partial charge on any atom is -0.479 e. The summed E-state index contributed by atoms with van der Waals surface area (Å²) >= 11 is 0. The van der Waals surface area contributed by atoms with Crippen LogP contribution < -0.4 is 10.6 Å². The molecule has 0 saturated carbocycles. The molecule has 0 bridgehead atoms. The van der Waals surface area contributed by atoms with E-state index < -0.39 is 18.2 Å². The van der Waals surface area contributed by atoms with Crippen molar-refractivity contribution >= 4 is 18.0 Å². The Bertz CT molecular complexity index is 949. The SMILES string of the molecule is COC(CCNC(=O)CCOCCNC(=O)OCC1c2ccccc2-c2ccccc21)C(=O)O. The maximum Gasteiger partial charge on any atom is 0.407 e. The molecule has 34 heavy (non-hydrogen) atoms. The first-order valence-electron chi connectivity index (χ1n) is 11.2. The number of carbonyl (C=O) groups is 3. The number of nitrogens with one attached hydrogen (secondary N) is 2. The van der Waals surface area contributed by atoms with E-state index in [4.69, 9.17) is 19.3 Å². The Morgan fingerprint density at radius 1 is 0.941 bits per heavy atom. The third kappa shape index (κ3) is 6.79. The maximum atomic E-state index is 12.1. The molecule has 3 N–H and O–H groups in total. The number of hydrogen-bond donors (Lipinski definition) is 3. The van der Waals surface area contributed by atoms with Gasteiger partial charge in [0.25, 0.3) is 0 Å². The molecule has 9 nitrogen and oxygen atoms in total. The first-order chi connectivity index (χ1) is 16.5. The second-order valence-corrected chi connectivity index (χ2v) is 7.82. The molecular weight excluding hydrogens is 440 g/mol. The van der Waals surface area contributed by atoms with Gasteiger partial charge in [-0.05, 0) is 22.3 Å². The normalized spacial score (nSPS) is 13.0. The molecule has 9 heteroatoms. The van der Waals surface area contributed by atoms with Crippen molar-refractivity contribution in [1.82, 2.24) is 10.6 Å². The van der Waals surface area contributed by atoms with E-state index in [0.29, 0.717) is 0 Å². The van der Waals surface area contributed by atoms with Gasteiger partial charge in [0.05, 0.1) is 13.2 Å². The number of methoxy groups -OCH3 is 1. The van der Waals surface area contributed by atoms with E-state index in [0.717, 1.165) is 11.1 Å². The molecule has 1 aliphatic carbocycles. The zero-order valence-corrected chi connectivity index (χ0v) is 19.1. The monoisotopic (exact) mass is 470 g/mol. The van der Waals surface area contributed by atoms with Crippen molar-refractivity contribution in [1.29, 1.82) is 0 Å². The lowest BCUT2D eigenvalue weighted by atomic mass is 9.98. The zero-order valence-electron chi connectivity index (χ0n) is 19.1. The second kappa shape index (κ2) is 12.7. The number of amides is 2. The standard InChI is InChI=1S/C25H30N2O7/c1-32-22(24(29)30)10-12-26-23(28)11-14-33-15-13-27-25(31)34-16-21-19-8-4-2-6-17(19)18-7-3-5-9-20(18)21/h2-9,21-22H,10-16H2,1H3,(H,26,28)(H,27,31)(H,29,30). The van der Waals surface area contributed by atoms with Gasteiger partial charge >= 0.3 is 12.1 Å². The minimum absolute atomic E-state index is 0.00239. The van der Waals surface area contributed by atoms with Crippen molar-refractivity contribution in [3.63, 3.8) is 0 Å². The quantitative estimate of drug-likeness (QED) is 0.385. The van der Waals surface area contributed by atoms with Crippen molar-refractivity contribution in [2.75, 3.05) is 40.0 Å². The number of aliphatic carboxylic acids is 1. The van der Waals surface area contributed by atoms with Crippen LogP contribution in [0.15, 0.2) is 48.5 Å². The number of carboxylic acids is 1. The summed E-state index contributed by atoms with van der Waals surface area (Å²) in [6, 6.07) is 16.3. The average Bonchev–Trinajstić information content (AvgIpc) is 3.16. The van der Waals surface area contributed by atoms with Crippen LogP contribution in [0.25, 0.3) is 11.1 Å². The van der Waals surface area contributed by atoms with Crippen LogP contribution in [-0.4, -0.2) is 69.2 Å². The van der Waals surface area contributed by atoms with Crippen LogP contribution in [0.2, 0.25) is 0 Å². The van der Waals surface area contributed by atoms with Gasteiger partial charge < -0.3 is 30.0 Å². The number of carbonyl (C=O) groups excluding carboxylic acids is 2. The summed E-state index contributed by atoms with van der Waals surface area (Å²) in [7, 11) is 1.31. The molecule has 0 radical (unpaired) electrons. The first kappa shape index (κ1) is 25.2. The topological polar surface area (TPSA) is 123 Å². The molecule has 0 saturated heterocycles. The summed E-state index contributed by atoms with van der Waals surface area (Å²) in [4.78, 5) is 34.7. The van der Waals surface area contributed by atoms with Crippen LogP contribution in [0.1, 0.15) is 29.9 Å². The number of fused-ring (bicyclic) bond motifs is 3. The Labute approximate surface area is 198 Å². The number of benzene rings is 2.